The lowest BCUT2D eigenvalue weighted by Gasteiger charge is -2.46. The van der Waals surface area contributed by atoms with Gasteiger partial charge in [0.15, 0.2) is 0 Å². The molecule has 1 aliphatic heterocycles. The number of ether oxygens (including phenoxy) is 2. The maximum absolute atomic E-state index is 12.0. The molecule has 41 heavy (non-hydrogen) atoms. The first-order valence-corrected chi connectivity index (χ1v) is 17.0. The number of methoxy groups -OCH3 is 1. The quantitative estimate of drug-likeness (QED) is 0.112. The fourth-order valence-corrected chi connectivity index (χ4v) is 10.9. The number of hydrogen-bond acceptors (Lipinski definition) is 5. The number of thiocarbonyl (C=S) groups is 1. The zero-order valence-electron chi connectivity index (χ0n) is 25.2. The van der Waals surface area contributed by atoms with Gasteiger partial charge in [0.2, 0.25) is 0 Å². The van der Waals surface area contributed by atoms with Crippen LogP contribution < -0.4 is 10.4 Å². The van der Waals surface area contributed by atoms with Gasteiger partial charge in [-0.05, 0) is 41.1 Å². The second kappa shape index (κ2) is 15.6. The largest absolute Gasteiger partial charge is 0.469 e. The van der Waals surface area contributed by atoms with Crippen molar-refractivity contribution in [3.8, 4) is 0 Å². The van der Waals surface area contributed by atoms with Crippen LogP contribution in [0.3, 0.4) is 0 Å². The molecule has 1 saturated heterocycles. The van der Waals surface area contributed by atoms with Crippen LogP contribution in [-0.2, 0) is 18.7 Å². The molecule has 0 radical (unpaired) electrons. The summed E-state index contributed by atoms with van der Waals surface area (Å²) in [5.41, 5.74) is 0. The van der Waals surface area contributed by atoms with Crippen LogP contribution in [-0.4, -0.2) is 62.7 Å². The molecule has 2 aromatic carbocycles. The predicted molar refractivity (Wildman–Crippen MR) is 175 cm³/mol. The van der Waals surface area contributed by atoms with Gasteiger partial charge in [0.1, 0.15) is 0 Å². The molecule has 0 amide bonds. The molecule has 222 valence electrons. The summed E-state index contributed by atoms with van der Waals surface area (Å²) in [6.45, 7) is 16.0. The lowest BCUT2D eigenvalue weighted by Crippen LogP contribution is -2.68. The van der Waals surface area contributed by atoms with E-state index in [1.807, 2.05) is 12.2 Å². The van der Waals surface area contributed by atoms with E-state index in [9.17, 15) is 4.79 Å². The molecule has 7 heteroatoms. The van der Waals surface area contributed by atoms with Crippen molar-refractivity contribution in [3.05, 3.63) is 86.0 Å². The molecule has 1 fully saturated rings. The van der Waals surface area contributed by atoms with Gasteiger partial charge in [0.25, 0.3) is 8.32 Å². The van der Waals surface area contributed by atoms with Crippen LogP contribution in [0, 0.1) is 0 Å². The first kappa shape index (κ1) is 32.9. The average Bonchev–Trinajstić information content (AvgIpc) is 2.96. The van der Waals surface area contributed by atoms with E-state index in [2.05, 4.69) is 99.5 Å². The first-order chi connectivity index (χ1) is 19.6. The van der Waals surface area contributed by atoms with Crippen molar-refractivity contribution in [1.82, 2.24) is 4.90 Å². The number of hydrogen-bond donors (Lipinski definition) is 0. The van der Waals surface area contributed by atoms with Gasteiger partial charge in [-0.15, -0.1) is 13.2 Å². The van der Waals surface area contributed by atoms with Gasteiger partial charge < -0.3 is 18.8 Å². The SMILES string of the molecule is C=CCN(CC=C)C(=S)C[C@@H](C[C@@H]1CCC[C@H](CC(=O)OC)O1)O[Si](c1ccccc1)(c1ccccc1)C(C)(C)C. The summed E-state index contributed by atoms with van der Waals surface area (Å²) in [5, 5.41) is 2.30. The van der Waals surface area contributed by atoms with Gasteiger partial charge in [-0.2, -0.15) is 0 Å². The number of benzene rings is 2. The van der Waals surface area contributed by atoms with Gasteiger partial charge in [-0.1, -0.05) is 106 Å². The van der Waals surface area contributed by atoms with Crippen molar-refractivity contribution in [2.75, 3.05) is 20.2 Å². The minimum Gasteiger partial charge on any atom is -0.469 e. The zero-order chi connectivity index (χ0) is 29.9. The third kappa shape index (κ3) is 8.71. The van der Waals surface area contributed by atoms with Crippen LogP contribution in [0.5, 0.6) is 0 Å². The van der Waals surface area contributed by atoms with Gasteiger partial charge in [0, 0.05) is 19.5 Å². The third-order valence-electron chi connectivity index (χ3n) is 7.80. The number of rotatable bonds is 14. The molecule has 0 spiro atoms. The maximum atomic E-state index is 12.0. The van der Waals surface area contributed by atoms with Crippen LogP contribution in [0.4, 0.5) is 0 Å². The molecule has 3 rings (SSSR count). The molecular formula is C34H47NO4SSi. The maximum Gasteiger partial charge on any atom is 0.308 e. The van der Waals surface area contributed by atoms with Crippen molar-refractivity contribution >= 4 is 41.9 Å². The molecule has 0 aliphatic carbocycles. The summed E-state index contributed by atoms with van der Waals surface area (Å²) in [6.07, 6.45) is 7.72. The molecule has 0 unspecified atom stereocenters. The summed E-state index contributed by atoms with van der Waals surface area (Å²) in [5.74, 6) is -0.235. The van der Waals surface area contributed by atoms with Crippen LogP contribution >= 0.6 is 12.2 Å². The minimum absolute atomic E-state index is 0.0309. The Morgan fingerprint density at radius 2 is 1.56 bits per heavy atom. The van der Waals surface area contributed by atoms with E-state index in [4.69, 9.17) is 26.1 Å². The Balaban J connectivity index is 2.04. The zero-order valence-corrected chi connectivity index (χ0v) is 27.0. The Kier molecular flexibility index (Phi) is 12.5. The van der Waals surface area contributed by atoms with E-state index in [0.29, 0.717) is 25.9 Å². The number of nitrogens with zero attached hydrogens (tertiary/aromatic N) is 1. The number of esters is 1. The predicted octanol–water partition coefficient (Wildman–Crippen LogP) is 6.21. The Morgan fingerprint density at radius 3 is 2.05 bits per heavy atom. The van der Waals surface area contributed by atoms with Gasteiger partial charge in [0.05, 0.1) is 36.8 Å². The molecule has 1 heterocycles. The topological polar surface area (TPSA) is 48.0 Å². The van der Waals surface area contributed by atoms with E-state index in [0.717, 1.165) is 24.3 Å². The summed E-state index contributed by atoms with van der Waals surface area (Å²) in [7, 11) is -1.41. The van der Waals surface area contributed by atoms with E-state index < -0.39 is 8.32 Å². The van der Waals surface area contributed by atoms with Gasteiger partial charge >= 0.3 is 5.97 Å². The fraction of sp³-hybridized carbons (Fsp3) is 0.471. The molecule has 3 atom stereocenters. The summed E-state index contributed by atoms with van der Waals surface area (Å²) in [4.78, 5) is 15.0. The Labute approximate surface area is 253 Å². The van der Waals surface area contributed by atoms with Crippen LogP contribution in [0.2, 0.25) is 5.04 Å². The van der Waals surface area contributed by atoms with Crippen molar-refractivity contribution in [3.63, 3.8) is 0 Å². The summed E-state index contributed by atoms with van der Waals surface area (Å²) < 4.78 is 19.0. The van der Waals surface area contributed by atoms with Crippen LogP contribution in [0.25, 0.3) is 0 Å². The van der Waals surface area contributed by atoms with Crippen LogP contribution in [0.1, 0.15) is 59.3 Å². The molecule has 0 bridgehead atoms. The van der Waals surface area contributed by atoms with Crippen molar-refractivity contribution in [2.45, 2.75) is 82.6 Å². The molecule has 0 saturated carbocycles. The van der Waals surface area contributed by atoms with Crippen LogP contribution in [0.15, 0.2) is 86.0 Å². The molecule has 5 nitrogen and oxygen atoms in total. The third-order valence-corrected chi connectivity index (χ3v) is 13.3. The molecular weight excluding hydrogens is 547 g/mol. The Hall–Kier alpha value is -2.58. The second-order valence-corrected chi connectivity index (χ2v) is 16.5. The lowest BCUT2D eigenvalue weighted by atomic mass is 9.97. The molecule has 0 N–H and O–H groups in total. The van der Waals surface area contributed by atoms with Gasteiger partial charge in [-0.3, -0.25) is 4.79 Å². The molecule has 1 aliphatic rings. The number of carbonyl (C=O) groups is 1. The van der Waals surface area contributed by atoms with Gasteiger partial charge in [-0.25, -0.2) is 0 Å². The molecule has 0 aromatic heterocycles. The minimum atomic E-state index is -2.83. The highest BCUT2D eigenvalue weighted by molar-refractivity contribution is 7.80. The van der Waals surface area contributed by atoms with E-state index in [1.165, 1.54) is 17.5 Å². The second-order valence-electron chi connectivity index (χ2n) is 11.8. The Morgan fingerprint density at radius 1 is 1.02 bits per heavy atom. The highest BCUT2D eigenvalue weighted by atomic mass is 32.1. The Bertz CT molecular complexity index is 1080. The van der Waals surface area contributed by atoms with Crippen molar-refractivity contribution in [1.29, 1.82) is 0 Å². The highest BCUT2D eigenvalue weighted by Gasteiger charge is 2.51. The summed E-state index contributed by atoms with van der Waals surface area (Å²) in [6, 6.07) is 21.4. The standard InChI is InChI=1S/C34H47NO4SSi/c1-7-22-35(23-8-2)32(40)25-29(24-27-16-15-17-28(38-27)26-33(36)37-6)39-41(34(3,4)5,30-18-11-9-12-19-30)31-20-13-10-14-21-31/h7-14,18-21,27-29H,1-2,15-17,22-26H2,3-6H3/t27-,28+,29+/m0/s1. The van der Waals surface area contributed by atoms with Crippen molar-refractivity contribution < 1.29 is 18.7 Å². The van der Waals surface area contributed by atoms with E-state index >= 15 is 0 Å². The van der Waals surface area contributed by atoms with E-state index in [-0.39, 0.29) is 35.7 Å². The molecule has 2 aromatic rings. The number of carbonyl (C=O) groups excluding carboxylic acids is 1. The average molecular weight is 594 g/mol. The highest BCUT2D eigenvalue weighted by Crippen LogP contribution is 2.39. The smallest absolute Gasteiger partial charge is 0.308 e. The fourth-order valence-electron chi connectivity index (χ4n) is 5.90. The normalized spacial score (nSPS) is 18.2. The first-order valence-electron chi connectivity index (χ1n) is 14.6. The van der Waals surface area contributed by atoms with E-state index in [1.54, 1.807) is 0 Å². The summed E-state index contributed by atoms with van der Waals surface area (Å²) >= 11 is 6.03. The monoisotopic (exact) mass is 593 g/mol. The lowest BCUT2D eigenvalue weighted by molar-refractivity contribution is -0.147. The van der Waals surface area contributed by atoms with Crippen molar-refractivity contribution in [2.24, 2.45) is 0 Å².